The van der Waals surface area contributed by atoms with Crippen molar-refractivity contribution in [1.82, 2.24) is 4.90 Å². The number of phenolic OH excluding ortho intramolecular Hbond substituents is 1. The van der Waals surface area contributed by atoms with Gasteiger partial charge < -0.3 is 5.11 Å². The third kappa shape index (κ3) is 6.21. The number of non-ortho nitro benzene ring substituents is 1. The van der Waals surface area contributed by atoms with Gasteiger partial charge in [0.15, 0.2) is 0 Å². The smallest absolute Gasteiger partial charge is 0.324 e. The third-order valence-corrected chi connectivity index (χ3v) is 4.36. The second-order valence-corrected chi connectivity index (χ2v) is 6.43. The number of aromatic hydroxyl groups is 1. The van der Waals surface area contributed by atoms with Crippen LogP contribution in [0.1, 0.15) is 24.8 Å². The van der Waals surface area contributed by atoms with Crippen LogP contribution in [-0.2, 0) is 6.54 Å². The van der Waals surface area contributed by atoms with Gasteiger partial charge in [0.2, 0.25) is 0 Å². The minimum atomic E-state index is -1.21. The van der Waals surface area contributed by atoms with E-state index >= 15 is 0 Å². The Labute approximate surface area is 165 Å². The molecule has 0 unspecified atom stereocenters. The first-order valence-electron chi connectivity index (χ1n) is 8.86. The van der Waals surface area contributed by atoms with Gasteiger partial charge >= 0.3 is 11.4 Å². The summed E-state index contributed by atoms with van der Waals surface area (Å²) in [7, 11) is 0. The molecule has 0 aromatic heterocycles. The van der Waals surface area contributed by atoms with Gasteiger partial charge in [0.1, 0.15) is 0 Å². The molecule has 11 nitrogen and oxygen atoms in total. The van der Waals surface area contributed by atoms with Gasteiger partial charge in [0.25, 0.3) is 11.4 Å². The fourth-order valence-electron chi connectivity index (χ4n) is 2.93. The summed E-state index contributed by atoms with van der Waals surface area (Å²) in [5.41, 5.74) is -1.55. The predicted octanol–water partition coefficient (Wildman–Crippen LogP) is 3.79. The SMILES string of the molecule is O=[N+]([O-])c1cc([N+](=O)[O-])c(O)c([N+](=O)[O-])c1.c1ccc(CN2CCCCC2)cc1. The molecule has 0 spiro atoms. The van der Waals surface area contributed by atoms with Gasteiger partial charge in [-0.3, -0.25) is 35.2 Å². The number of likely N-dealkylation sites (tertiary alicyclic amines) is 1. The van der Waals surface area contributed by atoms with Crippen molar-refractivity contribution in [3.05, 3.63) is 78.4 Å². The molecule has 1 fully saturated rings. The van der Waals surface area contributed by atoms with E-state index in [2.05, 4.69) is 35.2 Å². The van der Waals surface area contributed by atoms with Crippen molar-refractivity contribution in [1.29, 1.82) is 0 Å². The van der Waals surface area contributed by atoms with E-state index in [4.69, 9.17) is 5.11 Å². The van der Waals surface area contributed by atoms with E-state index in [0.29, 0.717) is 12.1 Å². The Morgan fingerprint density at radius 1 is 0.828 bits per heavy atom. The Balaban J connectivity index is 0.000000211. The zero-order chi connectivity index (χ0) is 21.4. The molecular formula is C18H20N4O7. The van der Waals surface area contributed by atoms with Crippen LogP contribution in [0.4, 0.5) is 17.1 Å². The first-order valence-corrected chi connectivity index (χ1v) is 8.86. The molecule has 0 bridgehead atoms. The molecule has 1 heterocycles. The maximum absolute atomic E-state index is 10.4. The summed E-state index contributed by atoms with van der Waals surface area (Å²) in [5.74, 6) is -1.21. The number of benzene rings is 2. The molecule has 1 aliphatic heterocycles. The minimum Gasteiger partial charge on any atom is -0.497 e. The number of piperidine rings is 1. The van der Waals surface area contributed by atoms with Crippen molar-refractivity contribution in [2.75, 3.05) is 13.1 Å². The number of hydrogen-bond acceptors (Lipinski definition) is 8. The van der Waals surface area contributed by atoms with Gasteiger partial charge in [-0.2, -0.15) is 0 Å². The lowest BCUT2D eigenvalue weighted by atomic mass is 10.1. The standard InChI is InChI=1S/C12H17N.C6H3N3O7/c1-3-7-12(8-4-1)11-13-9-5-2-6-10-13;10-6-4(8(13)14)1-3(7(11)12)2-5(6)9(15)16/h1,3-4,7-8H,2,5-6,9-11H2;1-2,10H. The first-order chi connectivity index (χ1) is 13.8. The van der Waals surface area contributed by atoms with E-state index in [9.17, 15) is 30.3 Å². The monoisotopic (exact) mass is 404 g/mol. The van der Waals surface area contributed by atoms with Crippen LogP contribution in [-0.4, -0.2) is 37.9 Å². The molecule has 0 aliphatic carbocycles. The van der Waals surface area contributed by atoms with Gasteiger partial charge in [0, 0.05) is 6.54 Å². The highest BCUT2D eigenvalue weighted by atomic mass is 16.6. The lowest BCUT2D eigenvalue weighted by Crippen LogP contribution is -2.28. The zero-order valence-electron chi connectivity index (χ0n) is 15.5. The van der Waals surface area contributed by atoms with Crippen LogP contribution >= 0.6 is 0 Å². The number of phenols is 1. The second kappa shape index (κ2) is 10.1. The Morgan fingerprint density at radius 3 is 1.79 bits per heavy atom. The number of hydrogen-bond donors (Lipinski definition) is 1. The Kier molecular flexibility index (Phi) is 7.54. The number of rotatable bonds is 5. The zero-order valence-corrected chi connectivity index (χ0v) is 15.5. The summed E-state index contributed by atoms with van der Waals surface area (Å²) < 4.78 is 0. The third-order valence-electron chi connectivity index (χ3n) is 4.36. The highest BCUT2D eigenvalue weighted by Crippen LogP contribution is 2.38. The normalized spacial score (nSPS) is 13.8. The molecule has 1 aliphatic rings. The molecule has 154 valence electrons. The Bertz CT molecular complexity index is 848. The number of nitrogens with zero attached hydrogens (tertiary/aromatic N) is 4. The molecule has 3 rings (SSSR count). The van der Waals surface area contributed by atoms with Crippen molar-refractivity contribution in [3.63, 3.8) is 0 Å². The molecule has 0 atom stereocenters. The minimum absolute atomic E-state index is 0.447. The van der Waals surface area contributed by atoms with Crippen molar-refractivity contribution < 1.29 is 19.9 Å². The lowest BCUT2D eigenvalue weighted by Gasteiger charge is -2.26. The molecule has 29 heavy (non-hydrogen) atoms. The number of nitro benzene ring substituents is 3. The van der Waals surface area contributed by atoms with Gasteiger partial charge in [-0.25, -0.2) is 0 Å². The summed E-state index contributed by atoms with van der Waals surface area (Å²) in [6.07, 6.45) is 4.19. The summed E-state index contributed by atoms with van der Waals surface area (Å²) in [6, 6.07) is 11.7. The van der Waals surface area contributed by atoms with E-state index in [-0.39, 0.29) is 0 Å². The quantitative estimate of drug-likeness (QED) is 0.583. The Hall–Kier alpha value is -3.60. The highest BCUT2D eigenvalue weighted by Gasteiger charge is 2.30. The van der Waals surface area contributed by atoms with Crippen LogP contribution in [0.2, 0.25) is 0 Å². The number of nitro groups is 3. The summed E-state index contributed by atoms with van der Waals surface area (Å²) in [5, 5.41) is 40.2. The van der Waals surface area contributed by atoms with E-state index in [0.717, 1.165) is 6.54 Å². The largest absolute Gasteiger partial charge is 0.497 e. The van der Waals surface area contributed by atoms with E-state index in [1.807, 2.05) is 0 Å². The summed E-state index contributed by atoms with van der Waals surface area (Å²) >= 11 is 0. The fourth-order valence-corrected chi connectivity index (χ4v) is 2.93. The van der Waals surface area contributed by atoms with Crippen LogP contribution in [0.5, 0.6) is 5.75 Å². The molecule has 2 aromatic rings. The van der Waals surface area contributed by atoms with E-state index in [1.165, 1.54) is 37.9 Å². The molecular weight excluding hydrogens is 384 g/mol. The van der Waals surface area contributed by atoms with Gasteiger partial charge in [-0.15, -0.1) is 0 Å². The molecule has 0 amide bonds. The van der Waals surface area contributed by atoms with Gasteiger partial charge in [0.05, 0.1) is 26.9 Å². The molecule has 2 aromatic carbocycles. The lowest BCUT2D eigenvalue weighted by molar-refractivity contribution is -0.404. The molecule has 1 saturated heterocycles. The van der Waals surface area contributed by atoms with Crippen molar-refractivity contribution in [2.45, 2.75) is 25.8 Å². The van der Waals surface area contributed by atoms with Crippen LogP contribution in [0.3, 0.4) is 0 Å². The molecule has 1 N–H and O–H groups in total. The molecule has 11 heteroatoms. The second-order valence-electron chi connectivity index (χ2n) is 6.43. The van der Waals surface area contributed by atoms with Crippen molar-refractivity contribution in [3.8, 4) is 5.75 Å². The topological polar surface area (TPSA) is 153 Å². The van der Waals surface area contributed by atoms with E-state index in [1.54, 1.807) is 0 Å². The summed E-state index contributed by atoms with van der Waals surface area (Å²) in [6.45, 7) is 3.71. The average Bonchev–Trinajstić information content (AvgIpc) is 2.69. The van der Waals surface area contributed by atoms with Crippen molar-refractivity contribution >= 4 is 17.1 Å². The maximum atomic E-state index is 10.4. The van der Waals surface area contributed by atoms with Gasteiger partial charge in [-0.05, 0) is 31.5 Å². The fraction of sp³-hybridized carbons (Fsp3) is 0.333. The first kappa shape index (κ1) is 21.7. The van der Waals surface area contributed by atoms with Crippen LogP contribution in [0.25, 0.3) is 0 Å². The molecule has 0 radical (unpaired) electrons. The summed E-state index contributed by atoms with van der Waals surface area (Å²) in [4.78, 5) is 30.3. The van der Waals surface area contributed by atoms with Gasteiger partial charge in [-0.1, -0.05) is 36.8 Å². The molecule has 0 saturated carbocycles. The average molecular weight is 404 g/mol. The highest BCUT2D eigenvalue weighted by molar-refractivity contribution is 5.64. The van der Waals surface area contributed by atoms with Crippen LogP contribution in [0.15, 0.2) is 42.5 Å². The maximum Gasteiger partial charge on any atom is 0.324 e. The van der Waals surface area contributed by atoms with E-state index < -0.39 is 37.6 Å². The predicted molar refractivity (Wildman–Crippen MR) is 104 cm³/mol. The van der Waals surface area contributed by atoms with Crippen molar-refractivity contribution in [2.24, 2.45) is 0 Å². The van der Waals surface area contributed by atoms with Crippen LogP contribution < -0.4 is 0 Å². The Morgan fingerprint density at radius 2 is 1.34 bits per heavy atom. The van der Waals surface area contributed by atoms with Crippen LogP contribution in [0, 0.1) is 30.3 Å².